The zero-order valence-corrected chi connectivity index (χ0v) is 8.82. The van der Waals surface area contributed by atoms with E-state index in [1.807, 2.05) is 12.3 Å². The van der Waals surface area contributed by atoms with Crippen LogP contribution in [0.5, 0.6) is 0 Å². The Balaban J connectivity index is 1.91. The third-order valence-electron chi connectivity index (χ3n) is 2.85. The van der Waals surface area contributed by atoms with Crippen LogP contribution in [0.3, 0.4) is 0 Å². The molecule has 1 aromatic heterocycles. The van der Waals surface area contributed by atoms with E-state index < -0.39 is 0 Å². The molecule has 0 N–H and O–H groups in total. The third-order valence-corrected chi connectivity index (χ3v) is 2.85. The highest BCUT2D eigenvalue weighted by Gasteiger charge is 2.16. The monoisotopic (exact) mass is 190 g/mol. The Morgan fingerprint density at radius 3 is 3.14 bits per heavy atom. The van der Waals surface area contributed by atoms with E-state index >= 15 is 0 Å². The highest BCUT2D eigenvalue weighted by molar-refractivity contribution is 5.03. The summed E-state index contributed by atoms with van der Waals surface area (Å²) in [6.07, 6.45) is 4.61. The number of pyridine rings is 1. The summed E-state index contributed by atoms with van der Waals surface area (Å²) in [5, 5.41) is 0. The minimum Gasteiger partial charge on any atom is -0.297 e. The first-order valence-electron chi connectivity index (χ1n) is 5.47. The van der Waals surface area contributed by atoms with Gasteiger partial charge in [0.1, 0.15) is 0 Å². The second kappa shape index (κ2) is 4.56. The molecule has 1 saturated heterocycles. The maximum atomic E-state index is 4.36. The first-order valence-corrected chi connectivity index (χ1v) is 5.47. The molecule has 1 aromatic rings. The van der Waals surface area contributed by atoms with Crippen LogP contribution in [0.4, 0.5) is 0 Å². The molecule has 76 valence electrons. The van der Waals surface area contributed by atoms with E-state index in [2.05, 4.69) is 28.9 Å². The van der Waals surface area contributed by atoms with Crippen molar-refractivity contribution in [3.05, 3.63) is 30.1 Å². The standard InChI is InChI=1S/C12H18N2/c1-11-5-4-8-14(9-11)10-12-6-2-3-7-13-12/h2-3,6-7,11H,4-5,8-10H2,1H3. The fraction of sp³-hybridized carbons (Fsp3) is 0.583. The van der Waals surface area contributed by atoms with Crippen molar-refractivity contribution in [2.45, 2.75) is 26.3 Å². The normalized spacial score (nSPS) is 23.6. The van der Waals surface area contributed by atoms with Crippen molar-refractivity contribution >= 4 is 0 Å². The van der Waals surface area contributed by atoms with Crippen LogP contribution in [0.1, 0.15) is 25.5 Å². The lowest BCUT2D eigenvalue weighted by Gasteiger charge is -2.30. The van der Waals surface area contributed by atoms with Gasteiger partial charge in [0.05, 0.1) is 5.69 Å². The largest absolute Gasteiger partial charge is 0.297 e. The molecule has 0 radical (unpaired) electrons. The summed E-state index contributed by atoms with van der Waals surface area (Å²) >= 11 is 0. The van der Waals surface area contributed by atoms with Gasteiger partial charge in [-0.25, -0.2) is 0 Å². The summed E-state index contributed by atoms with van der Waals surface area (Å²) in [4.78, 5) is 6.87. The van der Waals surface area contributed by atoms with Crippen LogP contribution in [-0.4, -0.2) is 23.0 Å². The maximum absolute atomic E-state index is 4.36. The Hall–Kier alpha value is -0.890. The van der Waals surface area contributed by atoms with Gasteiger partial charge in [0.25, 0.3) is 0 Å². The molecule has 2 nitrogen and oxygen atoms in total. The van der Waals surface area contributed by atoms with Crippen molar-refractivity contribution in [1.29, 1.82) is 0 Å². The first kappa shape index (κ1) is 9.66. The highest BCUT2D eigenvalue weighted by atomic mass is 15.1. The van der Waals surface area contributed by atoms with Gasteiger partial charge in [-0.3, -0.25) is 9.88 Å². The molecule has 1 aliphatic rings. The van der Waals surface area contributed by atoms with Gasteiger partial charge in [-0.2, -0.15) is 0 Å². The number of nitrogens with zero attached hydrogens (tertiary/aromatic N) is 2. The molecule has 0 spiro atoms. The first-order chi connectivity index (χ1) is 6.84. The number of aromatic nitrogens is 1. The topological polar surface area (TPSA) is 16.1 Å². The maximum Gasteiger partial charge on any atom is 0.0543 e. The molecule has 1 fully saturated rings. The number of hydrogen-bond acceptors (Lipinski definition) is 2. The van der Waals surface area contributed by atoms with E-state index in [9.17, 15) is 0 Å². The van der Waals surface area contributed by atoms with Crippen LogP contribution >= 0.6 is 0 Å². The van der Waals surface area contributed by atoms with Crippen molar-refractivity contribution in [2.75, 3.05) is 13.1 Å². The lowest BCUT2D eigenvalue weighted by molar-refractivity contribution is 0.175. The van der Waals surface area contributed by atoms with E-state index in [1.165, 1.54) is 31.6 Å². The van der Waals surface area contributed by atoms with Gasteiger partial charge >= 0.3 is 0 Å². The Kier molecular flexibility index (Phi) is 3.14. The van der Waals surface area contributed by atoms with Gasteiger partial charge in [0.2, 0.25) is 0 Å². The van der Waals surface area contributed by atoms with Gasteiger partial charge in [-0.1, -0.05) is 13.0 Å². The van der Waals surface area contributed by atoms with Gasteiger partial charge < -0.3 is 0 Å². The van der Waals surface area contributed by atoms with Gasteiger partial charge in [0.15, 0.2) is 0 Å². The van der Waals surface area contributed by atoms with Crippen LogP contribution < -0.4 is 0 Å². The lowest BCUT2D eigenvalue weighted by atomic mass is 10.0. The molecule has 1 unspecified atom stereocenters. The molecule has 1 atom stereocenters. The third kappa shape index (κ3) is 2.55. The van der Waals surface area contributed by atoms with Crippen LogP contribution in [-0.2, 0) is 6.54 Å². The molecule has 2 heterocycles. The lowest BCUT2D eigenvalue weighted by Crippen LogP contribution is -2.33. The second-order valence-electron chi connectivity index (χ2n) is 4.30. The molecule has 0 amide bonds. The summed E-state index contributed by atoms with van der Waals surface area (Å²) in [6.45, 7) is 5.83. The predicted molar refractivity (Wildman–Crippen MR) is 57.9 cm³/mol. The minimum atomic E-state index is 0.854. The van der Waals surface area contributed by atoms with Crippen LogP contribution in [0.15, 0.2) is 24.4 Å². The average Bonchev–Trinajstić information content (AvgIpc) is 2.19. The summed E-state index contributed by atoms with van der Waals surface area (Å²) in [5.74, 6) is 0.854. The molecular formula is C12H18N2. The summed E-state index contributed by atoms with van der Waals surface area (Å²) in [7, 11) is 0. The van der Waals surface area contributed by atoms with Crippen molar-refractivity contribution in [3.8, 4) is 0 Å². The Morgan fingerprint density at radius 2 is 2.43 bits per heavy atom. The number of hydrogen-bond donors (Lipinski definition) is 0. The Morgan fingerprint density at radius 1 is 1.50 bits per heavy atom. The minimum absolute atomic E-state index is 0.854. The number of likely N-dealkylation sites (tertiary alicyclic amines) is 1. The van der Waals surface area contributed by atoms with Crippen molar-refractivity contribution in [1.82, 2.24) is 9.88 Å². The molecule has 2 heteroatoms. The molecule has 0 aliphatic carbocycles. The van der Waals surface area contributed by atoms with Crippen molar-refractivity contribution < 1.29 is 0 Å². The second-order valence-corrected chi connectivity index (χ2v) is 4.30. The average molecular weight is 190 g/mol. The van der Waals surface area contributed by atoms with Gasteiger partial charge in [0, 0.05) is 19.3 Å². The van der Waals surface area contributed by atoms with Crippen LogP contribution in [0.25, 0.3) is 0 Å². The quantitative estimate of drug-likeness (QED) is 0.711. The molecule has 14 heavy (non-hydrogen) atoms. The number of piperidine rings is 1. The van der Waals surface area contributed by atoms with Crippen LogP contribution in [0.2, 0.25) is 0 Å². The molecule has 0 bridgehead atoms. The molecular weight excluding hydrogens is 172 g/mol. The van der Waals surface area contributed by atoms with E-state index in [1.54, 1.807) is 0 Å². The molecule has 1 aliphatic heterocycles. The summed E-state index contributed by atoms with van der Waals surface area (Å²) < 4.78 is 0. The summed E-state index contributed by atoms with van der Waals surface area (Å²) in [5.41, 5.74) is 1.20. The molecule has 0 saturated carbocycles. The van der Waals surface area contributed by atoms with E-state index in [-0.39, 0.29) is 0 Å². The molecule has 0 aromatic carbocycles. The Labute approximate surface area is 86.0 Å². The van der Waals surface area contributed by atoms with Gasteiger partial charge in [-0.05, 0) is 37.4 Å². The van der Waals surface area contributed by atoms with Crippen molar-refractivity contribution in [3.63, 3.8) is 0 Å². The Bertz CT molecular complexity index is 271. The SMILES string of the molecule is CC1CCCN(Cc2ccccn2)C1. The summed E-state index contributed by atoms with van der Waals surface area (Å²) in [6, 6.07) is 6.15. The van der Waals surface area contributed by atoms with E-state index in [0.717, 1.165) is 12.5 Å². The van der Waals surface area contributed by atoms with E-state index in [4.69, 9.17) is 0 Å². The zero-order valence-electron chi connectivity index (χ0n) is 8.82. The van der Waals surface area contributed by atoms with Crippen LogP contribution in [0, 0.1) is 5.92 Å². The van der Waals surface area contributed by atoms with Gasteiger partial charge in [-0.15, -0.1) is 0 Å². The van der Waals surface area contributed by atoms with Crippen molar-refractivity contribution in [2.24, 2.45) is 5.92 Å². The fourth-order valence-corrected chi connectivity index (χ4v) is 2.15. The molecule has 2 rings (SSSR count). The highest BCUT2D eigenvalue weighted by Crippen LogP contribution is 2.16. The predicted octanol–water partition coefficient (Wildman–Crippen LogP) is 2.31. The van der Waals surface area contributed by atoms with E-state index in [0.29, 0.717) is 0 Å². The number of rotatable bonds is 2. The smallest absolute Gasteiger partial charge is 0.0543 e. The fourth-order valence-electron chi connectivity index (χ4n) is 2.15. The zero-order chi connectivity index (χ0) is 9.80.